The molecule has 0 heterocycles. The predicted octanol–water partition coefficient (Wildman–Crippen LogP) is 4.56. The molecule has 0 aliphatic heterocycles. The molecule has 0 aliphatic rings. The van der Waals surface area contributed by atoms with Crippen molar-refractivity contribution < 1.29 is 19.4 Å². The molecule has 0 saturated heterocycles. The number of carboxylic acids is 1. The van der Waals surface area contributed by atoms with Gasteiger partial charge in [0.05, 0.1) is 5.92 Å². The van der Waals surface area contributed by atoms with Crippen LogP contribution in [0.5, 0.6) is 0 Å². The van der Waals surface area contributed by atoms with Crippen LogP contribution in [0.15, 0.2) is 54.6 Å². The third-order valence-corrected chi connectivity index (χ3v) is 4.26. The average molecular weight is 376 g/mol. The first-order valence-corrected chi connectivity index (χ1v) is 8.72. The van der Waals surface area contributed by atoms with Crippen LogP contribution in [-0.2, 0) is 16.1 Å². The average Bonchev–Trinajstić information content (AvgIpc) is 2.62. The van der Waals surface area contributed by atoms with Gasteiger partial charge >= 0.3 is 12.1 Å². The zero-order valence-electron chi connectivity index (χ0n) is 14.8. The Morgan fingerprint density at radius 3 is 2.23 bits per heavy atom. The summed E-state index contributed by atoms with van der Waals surface area (Å²) >= 11 is 5.87. The molecule has 26 heavy (non-hydrogen) atoms. The molecule has 2 rings (SSSR count). The number of carbonyl (C=O) groups excluding carboxylic acids is 1. The van der Waals surface area contributed by atoms with E-state index in [2.05, 4.69) is 0 Å². The third kappa shape index (κ3) is 5.49. The third-order valence-electron chi connectivity index (χ3n) is 4.01. The van der Waals surface area contributed by atoms with Gasteiger partial charge in [0.25, 0.3) is 0 Å². The lowest BCUT2D eigenvalue weighted by Gasteiger charge is -2.28. The van der Waals surface area contributed by atoms with E-state index in [1.165, 1.54) is 4.90 Å². The van der Waals surface area contributed by atoms with E-state index >= 15 is 0 Å². The predicted molar refractivity (Wildman–Crippen MR) is 100 cm³/mol. The second-order valence-electron chi connectivity index (χ2n) is 6.23. The Morgan fingerprint density at radius 2 is 1.69 bits per heavy atom. The smallest absolute Gasteiger partial charge is 0.410 e. The summed E-state index contributed by atoms with van der Waals surface area (Å²) in [4.78, 5) is 25.7. The second kappa shape index (κ2) is 9.25. The van der Waals surface area contributed by atoms with E-state index < -0.39 is 18.0 Å². The fourth-order valence-corrected chi connectivity index (χ4v) is 2.64. The van der Waals surface area contributed by atoms with Gasteiger partial charge < -0.3 is 14.7 Å². The van der Waals surface area contributed by atoms with Crippen LogP contribution in [-0.4, -0.2) is 34.7 Å². The van der Waals surface area contributed by atoms with E-state index in [0.29, 0.717) is 10.6 Å². The van der Waals surface area contributed by atoms with Crippen molar-refractivity contribution in [2.45, 2.75) is 32.4 Å². The molecular weight excluding hydrogens is 354 g/mol. The summed E-state index contributed by atoms with van der Waals surface area (Å²) in [5.41, 5.74) is 1.46. The molecular formula is C20H22ClNO4. The highest BCUT2D eigenvalue weighted by Crippen LogP contribution is 2.22. The van der Waals surface area contributed by atoms with Gasteiger partial charge in [-0.05, 0) is 37.1 Å². The highest BCUT2D eigenvalue weighted by atomic mass is 35.5. The van der Waals surface area contributed by atoms with E-state index in [9.17, 15) is 14.7 Å². The lowest BCUT2D eigenvalue weighted by atomic mass is 9.98. The highest BCUT2D eigenvalue weighted by Gasteiger charge is 2.28. The van der Waals surface area contributed by atoms with Gasteiger partial charge in [0.2, 0.25) is 0 Å². The summed E-state index contributed by atoms with van der Waals surface area (Å²) in [6.07, 6.45) is -0.538. The molecule has 1 unspecified atom stereocenters. The lowest BCUT2D eigenvalue weighted by molar-refractivity contribution is -0.139. The summed E-state index contributed by atoms with van der Waals surface area (Å²) < 4.78 is 5.36. The van der Waals surface area contributed by atoms with Gasteiger partial charge in [0.1, 0.15) is 6.61 Å². The first kappa shape index (κ1) is 19.8. The van der Waals surface area contributed by atoms with E-state index in [-0.39, 0.29) is 19.2 Å². The van der Waals surface area contributed by atoms with E-state index in [1.807, 2.05) is 44.2 Å². The van der Waals surface area contributed by atoms with E-state index in [0.717, 1.165) is 5.56 Å². The minimum absolute atomic E-state index is 0.0161. The minimum atomic E-state index is -1.01. The number of carboxylic acid groups (broad SMARTS) is 1. The summed E-state index contributed by atoms with van der Waals surface area (Å²) in [6, 6.07) is 15.7. The number of rotatable bonds is 7. The number of halogens is 1. The van der Waals surface area contributed by atoms with Crippen molar-refractivity contribution in [2.75, 3.05) is 6.54 Å². The monoisotopic (exact) mass is 375 g/mol. The van der Waals surface area contributed by atoms with Gasteiger partial charge in [-0.3, -0.25) is 4.79 Å². The quantitative estimate of drug-likeness (QED) is 0.770. The van der Waals surface area contributed by atoms with Gasteiger partial charge in [0, 0.05) is 17.6 Å². The Bertz CT molecular complexity index is 731. The molecule has 138 valence electrons. The van der Waals surface area contributed by atoms with Crippen molar-refractivity contribution in [1.82, 2.24) is 4.90 Å². The zero-order valence-corrected chi connectivity index (χ0v) is 15.5. The van der Waals surface area contributed by atoms with Crippen LogP contribution in [0.2, 0.25) is 5.02 Å². The van der Waals surface area contributed by atoms with Gasteiger partial charge in [-0.25, -0.2) is 4.79 Å². The maximum absolute atomic E-state index is 12.5. The zero-order chi connectivity index (χ0) is 19.1. The van der Waals surface area contributed by atoms with Crippen LogP contribution in [0.1, 0.15) is 30.9 Å². The van der Waals surface area contributed by atoms with Crippen LogP contribution < -0.4 is 0 Å². The number of carbonyl (C=O) groups is 2. The molecule has 0 bridgehead atoms. The maximum atomic E-state index is 12.5. The van der Waals surface area contributed by atoms with Gasteiger partial charge in [-0.1, -0.05) is 54.1 Å². The van der Waals surface area contributed by atoms with Gasteiger partial charge in [-0.15, -0.1) is 0 Å². The molecule has 0 aliphatic carbocycles. The number of aliphatic carboxylic acids is 1. The first-order valence-electron chi connectivity index (χ1n) is 8.34. The fourth-order valence-electron chi connectivity index (χ4n) is 2.52. The molecule has 1 atom stereocenters. The number of nitrogens with zero attached hydrogens (tertiary/aromatic N) is 1. The van der Waals surface area contributed by atoms with Crippen molar-refractivity contribution in [2.24, 2.45) is 0 Å². The Labute approximate surface area is 158 Å². The summed E-state index contributed by atoms with van der Waals surface area (Å²) in [7, 11) is 0. The van der Waals surface area contributed by atoms with Crippen LogP contribution in [0.25, 0.3) is 0 Å². The molecule has 1 N–H and O–H groups in total. The van der Waals surface area contributed by atoms with Crippen molar-refractivity contribution >= 4 is 23.7 Å². The molecule has 0 saturated carbocycles. The molecule has 0 fully saturated rings. The van der Waals surface area contributed by atoms with Crippen molar-refractivity contribution in [3.8, 4) is 0 Å². The largest absolute Gasteiger partial charge is 0.481 e. The Hall–Kier alpha value is -2.53. The Morgan fingerprint density at radius 1 is 1.08 bits per heavy atom. The maximum Gasteiger partial charge on any atom is 0.410 e. The molecule has 0 aromatic heterocycles. The molecule has 2 aromatic rings. The summed E-state index contributed by atoms with van der Waals surface area (Å²) in [5.74, 6) is -1.87. The van der Waals surface area contributed by atoms with Crippen molar-refractivity contribution in [3.63, 3.8) is 0 Å². The van der Waals surface area contributed by atoms with E-state index in [4.69, 9.17) is 16.3 Å². The second-order valence-corrected chi connectivity index (χ2v) is 6.67. The highest BCUT2D eigenvalue weighted by molar-refractivity contribution is 6.30. The van der Waals surface area contributed by atoms with Crippen molar-refractivity contribution in [3.05, 3.63) is 70.7 Å². The molecule has 6 heteroatoms. The number of hydrogen-bond donors (Lipinski definition) is 1. The number of ether oxygens (including phenoxy) is 1. The topological polar surface area (TPSA) is 66.8 Å². The van der Waals surface area contributed by atoms with Gasteiger partial charge in [-0.2, -0.15) is 0 Å². The lowest BCUT2D eigenvalue weighted by Crippen LogP contribution is -2.41. The van der Waals surface area contributed by atoms with Crippen molar-refractivity contribution in [1.29, 1.82) is 0 Å². The fraction of sp³-hybridized carbons (Fsp3) is 0.300. The van der Waals surface area contributed by atoms with Crippen LogP contribution in [0.3, 0.4) is 0 Å². The Balaban J connectivity index is 2.10. The number of amides is 1. The summed E-state index contributed by atoms with van der Waals surface area (Å²) in [5, 5.41) is 10.1. The minimum Gasteiger partial charge on any atom is -0.481 e. The van der Waals surface area contributed by atoms with Crippen LogP contribution in [0, 0.1) is 0 Å². The normalized spacial score (nSPS) is 11.8. The number of hydrogen-bond acceptors (Lipinski definition) is 3. The number of benzene rings is 2. The standard InChI is InChI=1S/C20H22ClNO4/c1-14(2)22(20(25)26-13-15-6-4-3-5-7-15)12-18(19(23)24)16-8-10-17(21)11-9-16/h3-11,14,18H,12-13H2,1-2H3,(H,23,24). The molecule has 5 nitrogen and oxygen atoms in total. The van der Waals surface area contributed by atoms with Gasteiger partial charge in [0.15, 0.2) is 0 Å². The molecule has 2 aromatic carbocycles. The molecule has 0 radical (unpaired) electrons. The summed E-state index contributed by atoms with van der Waals surface area (Å²) in [6.45, 7) is 3.80. The molecule has 0 spiro atoms. The van der Waals surface area contributed by atoms with Crippen LogP contribution >= 0.6 is 11.6 Å². The molecule has 1 amide bonds. The SMILES string of the molecule is CC(C)N(CC(C(=O)O)c1ccc(Cl)cc1)C(=O)OCc1ccccc1. The van der Waals surface area contributed by atoms with Crippen LogP contribution in [0.4, 0.5) is 4.79 Å². The van der Waals surface area contributed by atoms with E-state index in [1.54, 1.807) is 24.3 Å². The Kier molecular flexibility index (Phi) is 7.04. The first-order chi connectivity index (χ1) is 12.4.